The number of para-hydroxylation sites is 1. The Bertz CT molecular complexity index is 392. The van der Waals surface area contributed by atoms with Crippen LogP contribution in [0.2, 0.25) is 0 Å². The molecule has 0 aliphatic carbocycles. The van der Waals surface area contributed by atoms with E-state index >= 15 is 0 Å². The smallest absolute Gasteiger partial charge is 0.326 e. The molecule has 2 amide bonds. The number of carboxylic acid groups (broad SMARTS) is 1. The number of carboxylic acids is 1. The molecule has 0 heterocycles. The van der Waals surface area contributed by atoms with Crippen molar-refractivity contribution >= 4 is 17.7 Å². The van der Waals surface area contributed by atoms with Crippen molar-refractivity contribution in [1.82, 2.24) is 0 Å². The van der Waals surface area contributed by atoms with Crippen molar-refractivity contribution in [2.75, 3.05) is 4.90 Å². The molecule has 0 saturated carbocycles. The van der Waals surface area contributed by atoms with Crippen LogP contribution in [-0.4, -0.2) is 23.1 Å². The zero-order valence-corrected chi connectivity index (χ0v) is 9.67. The summed E-state index contributed by atoms with van der Waals surface area (Å²) in [6.45, 7) is 1.86. The lowest BCUT2D eigenvalue weighted by Gasteiger charge is -2.27. The topological polar surface area (TPSA) is 83.6 Å². The van der Waals surface area contributed by atoms with E-state index in [-0.39, 0.29) is 0 Å². The largest absolute Gasteiger partial charge is 0.480 e. The molecular formula is C12H16N2O3. The molecule has 92 valence electrons. The predicted molar refractivity (Wildman–Crippen MR) is 64.8 cm³/mol. The number of amides is 2. The van der Waals surface area contributed by atoms with Gasteiger partial charge in [0.25, 0.3) is 0 Å². The first-order chi connectivity index (χ1) is 8.07. The van der Waals surface area contributed by atoms with Gasteiger partial charge >= 0.3 is 12.0 Å². The van der Waals surface area contributed by atoms with Crippen LogP contribution in [0.15, 0.2) is 30.3 Å². The summed E-state index contributed by atoms with van der Waals surface area (Å²) in [5.41, 5.74) is 5.76. The van der Waals surface area contributed by atoms with E-state index in [1.807, 2.05) is 6.92 Å². The molecule has 1 rings (SSSR count). The molecule has 0 aliphatic rings. The fourth-order valence-electron chi connectivity index (χ4n) is 1.69. The Morgan fingerprint density at radius 3 is 2.35 bits per heavy atom. The second-order valence-electron chi connectivity index (χ2n) is 3.69. The second kappa shape index (κ2) is 5.89. The van der Waals surface area contributed by atoms with Gasteiger partial charge in [0.2, 0.25) is 0 Å². The van der Waals surface area contributed by atoms with E-state index in [0.29, 0.717) is 18.5 Å². The molecular weight excluding hydrogens is 220 g/mol. The van der Waals surface area contributed by atoms with Gasteiger partial charge in [0, 0.05) is 5.69 Å². The summed E-state index contributed by atoms with van der Waals surface area (Å²) in [5.74, 6) is -1.05. The maximum Gasteiger partial charge on any atom is 0.326 e. The first-order valence-corrected chi connectivity index (χ1v) is 5.44. The number of rotatable bonds is 5. The summed E-state index contributed by atoms with van der Waals surface area (Å²) in [4.78, 5) is 23.7. The maximum atomic E-state index is 11.4. The van der Waals surface area contributed by atoms with E-state index in [4.69, 9.17) is 10.8 Å². The highest BCUT2D eigenvalue weighted by Crippen LogP contribution is 2.19. The number of primary amides is 1. The molecule has 0 bridgehead atoms. The van der Waals surface area contributed by atoms with Crippen LogP contribution in [0.1, 0.15) is 19.8 Å². The van der Waals surface area contributed by atoms with Crippen molar-refractivity contribution in [3.8, 4) is 0 Å². The van der Waals surface area contributed by atoms with Crippen LogP contribution in [-0.2, 0) is 4.79 Å². The van der Waals surface area contributed by atoms with E-state index in [1.165, 1.54) is 0 Å². The summed E-state index contributed by atoms with van der Waals surface area (Å²) < 4.78 is 0. The maximum absolute atomic E-state index is 11.4. The van der Waals surface area contributed by atoms with Crippen molar-refractivity contribution in [3.63, 3.8) is 0 Å². The molecule has 0 aromatic heterocycles. The molecule has 0 unspecified atom stereocenters. The fourth-order valence-corrected chi connectivity index (χ4v) is 1.69. The van der Waals surface area contributed by atoms with Crippen molar-refractivity contribution in [2.24, 2.45) is 5.73 Å². The number of hydrogen-bond acceptors (Lipinski definition) is 2. The zero-order valence-electron chi connectivity index (χ0n) is 9.67. The molecule has 1 atom stereocenters. The number of urea groups is 1. The fraction of sp³-hybridized carbons (Fsp3) is 0.333. The molecule has 0 aliphatic heterocycles. The molecule has 0 spiro atoms. The van der Waals surface area contributed by atoms with Crippen molar-refractivity contribution < 1.29 is 14.7 Å². The Balaban J connectivity index is 3.07. The minimum Gasteiger partial charge on any atom is -0.480 e. The number of carbonyl (C=O) groups excluding carboxylic acids is 1. The normalized spacial score (nSPS) is 11.8. The van der Waals surface area contributed by atoms with Crippen molar-refractivity contribution in [1.29, 1.82) is 0 Å². The van der Waals surface area contributed by atoms with Crippen LogP contribution in [0, 0.1) is 0 Å². The molecule has 3 N–H and O–H groups in total. The predicted octanol–water partition coefficient (Wildman–Crippen LogP) is 1.83. The van der Waals surface area contributed by atoms with Gasteiger partial charge in [0.1, 0.15) is 6.04 Å². The highest BCUT2D eigenvalue weighted by molar-refractivity contribution is 5.97. The van der Waals surface area contributed by atoms with E-state index in [9.17, 15) is 9.59 Å². The van der Waals surface area contributed by atoms with Gasteiger partial charge in [-0.2, -0.15) is 0 Å². The van der Waals surface area contributed by atoms with E-state index in [1.54, 1.807) is 30.3 Å². The molecule has 5 heteroatoms. The van der Waals surface area contributed by atoms with Crippen LogP contribution >= 0.6 is 0 Å². The van der Waals surface area contributed by atoms with Crippen LogP contribution in [0.4, 0.5) is 10.5 Å². The molecule has 0 saturated heterocycles. The number of aliphatic carboxylic acids is 1. The van der Waals surface area contributed by atoms with Crippen LogP contribution in [0.25, 0.3) is 0 Å². The van der Waals surface area contributed by atoms with Gasteiger partial charge in [-0.1, -0.05) is 31.5 Å². The van der Waals surface area contributed by atoms with Crippen LogP contribution in [0.3, 0.4) is 0 Å². The highest BCUT2D eigenvalue weighted by atomic mass is 16.4. The van der Waals surface area contributed by atoms with E-state index in [0.717, 1.165) is 4.90 Å². The standard InChI is InChI=1S/C12H16N2O3/c1-2-6-10(11(15)16)14(12(13)17)9-7-4-3-5-8-9/h3-5,7-8,10H,2,6H2,1H3,(H2,13,17)(H,15,16)/t10-/m0/s1. The summed E-state index contributed by atoms with van der Waals surface area (Å²) >= 11 is 0. The van der Waals surface area contributed by atoms with Gasteiger partial charge in [-0.15, -0.1) is 0 Å². The quantitative estimate of drug-likeness (QED) is 0.817. The Morgan fingerprint density at radius 2 is 1.94 bits per heavy atom. The zero-order chi connectivity index (χ0) is 12.8. The Labute approximate surface area is 99.8 Å². The van der Waals surface area contributed by atoms with Gasteiger partial charge in [-0.25, -0.2) is 9.59 Å². The van der Waals surface area contributed by atoms with Gasteiger partial charge in [-0.3, -0.25) is 4.90 Å². The molecule has 0 fully saturated rings. The van der Waals surface area contributed by atoms with Crippen molar-refractivity contribution in [2.45, 2.75) is 25.8 Å². The lowest BCUT2D eigenvalue weighted by atomic mass is 10.1. The lowest BCUT2D eigenvalue weighted by Crippen LogP contribution is -2.48. The first kappa shape index (κ1) is 13.0. The van der Waals surface area contributed by atoms with Gasteiger partial charge in [0.15, 0.2) is 0 Å². The Kier molecular flexibility index (Phi) is 4.51. The minimum absolute atomic E-state index is 0.368. The number of anilines is 1. The van der Waals surface area contributed by atoms with E-state index < -0.39 is 18.0 Å². The number of nitrogens with two attached hydrogens (primary N) is 1. The van der Waals surface area contributed by atoms with Gasteiger partial charge < -0.3 is 10.8 Å². The third-order valence-corrected chi connectivity index (χ3v) is 2.43. The number of carbonyl (C=O) groups is 2. The van der Waals surface area contributed by atoms with Crippen molar-refractivity contribution in [3.05, 3.63) is 30.3 Å². The Morgan fingerprint density at radius 1 is 1.35 bits per heavy atom. The van der Waals surface area contributed by atoms with Crippen LogP contribution in [0.5, 0.6) is 0 Å². The number of hydrogen-bond donors (Lipinski definition) is 2. The minimum atomic E-state index is -1.05. The lowest BCUT2D eigenvalue weighted by molar-refractivity contribution is -0.138. The number of nitrogens with zero attached hydrogens (tertiary/aromatic N) is 1. The molecule has 1 aromatic carbocycles. The highest BCUT2D eigenvalue weighted by Gasteiger charge is 2.28. The average molecular weight is 236 g/mol. The average Bonchev–Trinajstić information content (AvgIpc) is 2.29. The summed E-state index contributed by atoms with van der Waals surface area (Å²) in [5, 5.41) is 9.14. The van der Waals surface area contributed by atoms with Gasteiger partial charge in [0.05, 0.1) is 0 Å². The molecule has 1 aromatic rings. The molecule has 0 radical (unpaired) electrons. The summed E-state index contributed by atoms with van der Waals surface area (Å²) in [6, 6.07) is 6.91. The first-order valence-electron chi connectivity index (χ1n) is 5.44. The Hall–Kier alpha value is -2.04. The van der Waals surface area contributed by atoms with E-state index in [2.05, 4.69) is 0 Å². The third-order valence-electron chi connectivity index (χ3n) is 2.43. The monoisotopic (exact) mass is 236 g/mol. The van der Waals surface area contributed by atoms with Gasteiger partial charge in [-0.05, 0) is 18.6 Å². The second-order valence-corrected chi connectivity index (χ2v) is 3.69. The summed E-state index contributed by atoms with van der Waals surface area (Å²) in [7, 11) is 0. The number of benzene rings is 1. The molecule has 17 heavy (non-hydrogen) atoms. The SMILES string of the molecule is CCC[C@@H](C(=O)O)N(C(N)=O)c1ccccc1. The summed E-state index contributed by atoms with van der Waals surface area (Å²) in [6.07, 6.45) is 1.03. The van der Waals surface area contributed by atoms with Crippen LogP contribution < -0.4 is 10.6 Å². The third kappa shape index (κ3) is 3.21. The molecule has 5 nitrogen and oxygen atoms in total.